The van der Waals surface area contributed by atoms with Crippen molar-refractivity contribution in [1.82, 2.24) is 9.47 Å². The lowest BCUT2D eigenvalue weighted by molar-refractivity contribution is 0.0693. The lowest BCUT2D eigenvalue weighted by atomic mass is 10.0. The molecular formula is C20H17FN2O5. The molecule has 1 saturated heterocycles. The number of oxazole rings is 1. The molecule has 0 N–H and O–H groups in total. The van der Waals surface area contributed by atoms with Crippen LogP contribution in [0.5, 0.6) is 11.5 Å². The van der Waals surface area contributed by atoms with Crippen molar-refractivity contribution in [2.24, 2.45) is 0 Å². The van der Waals surface area contributed by atoms with E-state index < -0.39 is 11.6 Å². The normalized spacial score (nSPS) is 16.7. The van der Waals surface area contributed by atoms with Crippen LogP contribution < -0.4 is 15.2 Å². The predicted molar refractivity (Wildman–Crippen MR) is 97.2 cm³/mol. The number of amides is 1. The number of likely N-dealkylation sites (tertiary alicyclic amines) is 1. The minimum Gasteiger partial charge on any atom is -0.454 e. The number of aromatic nitrogens is 1. The predicted octanol–water partition coefficient (Wildman–Crippen LogP) is 2.94. The molecular weight excluding hydrogens is 367 g/mol. The Morgan fingerprint density at radius 1 is 1.04 bits per heavy atom. The lowest BCUT2D eigenvalue weighted by Gasteiger charge is -2.32. The molecule has 1 amide bonds. The van der Waals surface area contributed by atoms with Crippen LogP contribution in [0.25, 0.3) is 11.1 Å². The molecule has 0 bridgehead atoms. The highest BCUT2D eigenvalue weighted by molar-refractivity contribution is 5.95. The van der Waals surface area contributed by atoms with Gasteiger partial charge in [-0.1, -0.05) is 0 Å². The standard InChI is InChI=1S/C20H17FN2O5/c21-13-2-4-16-15(10-13)23(20(25)28-16)14-5-7-22(8-6-14)19(24)12-1-3-17-18(9-12)27-11-26-17/h1-4,9-10,14H,5-8,11H2. The van der Waals surface area contributed by atoms with Gasteiger partial charge < -0.3 is 18.8 Å². The molecule has 5 rings (SSSR count). The van der Waals surface area contributed by atoms with E-state index in [4.69, 9.17) is 13.9 Å². The Labute approximate surface area is 158 Å². The average molecular weight is 384 g/mol. The van der Waals surface area contributed by atoms with Crippen molar-refractivity contribution in [2.45, 2.75) is 18.9 Å². The summed E-state index contributed by atoms with van der Waals surface area (Å²) in [5.74, 6) is 0.193. The van der Waals surface area contributed by atoms with Crippen molar-refractivity contribution in [3.05, 3.63) is 58.3 Å². The molecule has 7 nitrogen and oxygen atoms in total. The second-order valence-corrected chi connectivity index (χ2v) is 6.94. The first kappa shape index (κ1) is 16.9. The molecule has 0 spiro atoms. The first-order valence-electron chi connectivity index (χ1n) is 9.10. The van der Waals surface area contributed by atoms with Crippen molar-refractivity contribution < 1.29 is 23.1 Å². The van der Waals surface area contributed by atoms with E-state index >= 15 is 0 Å². The van der Waals surface area contributed by atoms with Gasteiger partial charge in [-0.05, 0) is 43.2 Å². The topological polar surface area (TPSA) is 73.9 Å². The van der Waals surface area contributed by atoms with Gasteiger partial charge >= 0.3 is 5.76 Å². The van der Waals surface area contributed by atoms with Gasteiger partial charge in [0.2, 0.25) is 6.79 Å². The molecule has 28 heavy (non-hydrogen) atoms. The molecule has 8 heteroatoms. The van der Waals surface area contributed by atoms with Crippen molar-refractivity contribution in [3.8, 4) is 11.5 Å². The highest BCUT2D eigenvalue weighted by atomic mass is 19.1. The summed E-state index contributed by atoms with van der Waals surface area (Å²) in [6, 6.07) is 9.03. The van der Waals surface area contributed by atoms with E-state index in [2.05, 4.69) is 0 Å². The third kappa shape index (κ3) is 2.72. The smallest absolute Gasteiger partial charge is 0.420 e. The van der Waals surface area contributed by atoms with Gasteiger partial charge in [-0.15, -0.1) is 0 Å². The van der Waals surface area contributed by atoms with Crippen LogP contribution in [0.3, 0.4) is 0 Å². The summed E-state index contributed by atoms with van der Waals surface area (Å²) in [4.78, 5) is 26.8. The number of benzene rings is 2. The van der Waals surface area contributed by atoms with Crippen molar-refractivity contribution in [3.63, 3.8) is 0 Å². The molecule has 2 aromatic carbocycles. The van der Waals surface area contributed by atoms with Crippen molar-refractivity contribution in [1.29, 1.82) is 0 Å². The van der Waals surface area contributed by atoms with Crippen LogP contribution in [-0.2, 0) is 0 Å². The number of nitrogens with zero attached hydrogens (tertiary/aromatic N) is 2. The summed E-state index contributed by atoms with van der Waals surface area (Å²) in [5.41, 5.74) is 1.35. The number of halogens is 1. The fourth-order valence-electron chi connectivity index (χ4n) is 3.89. The van der Waals surface area contributed by atoms with Crippen molar-refractivity contribution in [2.75, 3.05) is 19.9 Å². The number of hydrogen-bond acceptors (Lipinski definition) is 5. The number of piperidine rings is 1. The van der Waals surface area contributed by atoms with E-state index in [9.17, 15) is 14.0 Å². The van der Waals surface area contributed by atoms with E-state index in [1.807, 2.05) is 0 Å². The Morgan fingerprint density at radius 2 is 1.82 bits per heavy atom. The minimum atomic E-state index is -0.499. The van der Waals surface area contributed by atoms with Crippen LogP contribution in [0, 0.1) is 5.82 Å². The zero-order valence-corrected chi connectivity index (χ0v) is 14.9. The highest BCUT2D eigenvalue weighted by Crippen LogP contribution is 2.33. The Kier molecular flexibility index (Phi) is 3.85. The number of rotatable bonds is 2. The molecule has 1 aromatic heterocycles. The molecule has 2 aliphatic rings. The summed E-state index contributed by atoms with van der Waals surface area (Å²) in [7, 11) is 0. The van der Waals surface area contributed by atoms with Gasteiger partial charge in [0.25, 0.3) is 5.91 Å². The van der Waals surface area contributed by atoms with Crippen molar-refractivity contribution >= 4 is 17.0 Å². The third-order valence-corrected chi connectivity index (χ3v) is 5.31. The monoisotopic (exact) mass is 384 g/mol. The summed E-state index contributed by atoms with van der Waals surface area (Å²) in [5, 5.41) is 0. The minimum absolute atomic E-state index is 0.0906. The van der Waals surface area contributed by atoms with Crippen LogP contribution in [0.2, 0.25) is 0 Å². The Balaban J connectivity index is 1.34. The van der Waals surface area contributed by atoms with Gasteiger partial charge in [0.15, 0.2) is 17.1 Å². The number of carbonyl (C=O) groups excluding carboxylic acids is 1. The Bertz CT molecular complexity index is 1130. The molecule has 0 radical (unpaired) electrons. The number of hydrogen-bond donors (Lipinski definition) is 0. The quantitative estimate of drug-likeness (QED) is 0.679. The maximum absolute atomic E-state index is 13.6. The molecule has 1 fully saturated rings. The van der Waals surface area contributed by atoms with Gasteiger partial charge in [0.05, 0.1) is 5.52 Å². The average Bonchev–Trinajstić information content (AvgIpc) is 3.30. The fourth-order valence-corrected chi connectivity index (χ4v) is 3.89. The summed E-state index contributed by atoms with van der Waals surface area (Å²) < 4.78 is 31.0. The van der Waals surface area contributed by atoms with Crippen LogP contribution >= 0.6 is 0 Å². The SMILES string of the molecule is O=C(c1ccc2c(c1)OCO2)N1CCC(n2c(=O)oc3ccc(F)cc32)CC1. The molecule has 2 aliphatic heterocycles. The number of carbonyl (C=O) groups is 1. The number of fused-ring (bicyclic) bond motifs is 2. The summed E-state index contributed by atoms with van der Waals surface area (Å²) >= 11 is 0. The van der Waals surface area contributed by atoms with Gasteiger partial charge in [-0.3, -0.25) is 9.36 Å². The number of ether oxygens (including phenoxy) is 2. The van der Waals surface area contributed by atoms with Gasteiger partial charge in [-0.2, -0.15) is 0 Å². The van der Waals surface area contributed by atoms with E-state index in [1.54, 1.807) is 23.1 Å². The Morgan fingerprint density at radius 3 is 2.64 bits per heavy atom. The van der Waals surface area contributed by atoms with E-state index in [0.717, 1.165) is 0 Å². The molecule has 144 valence electrons. The third-order valence-electron chi connectivity index (χ3n) is 5.31. The van der Waals surface area contributed by atoms with Crippen LogP contribution in [0.1, 0.15) is 29.2 Å². The zero-order chi connectivity index (χ0) is 19.3. The summed E-state index contributed by atoms with van der Waals surface area (Å²) in [6.45, 7) is 1.14. The largest absolute Gasteiger partial charge is 0.454 e. The maximum Gasteiger partial charge on any atom is 0.420 e. The van der Waals surface area contributed by atoms with Gasteiger partial charge in [0.1, 0.15) is 5.82 Å². The van der Waals surface area contributed by atoms with Crippen LogP contribution in [0.4, 0.5) is 4.39 Å². The van der Waals surface area contributed by atoms with Crippen LogP contribution in [0.15, 0.2) is 45.6 Å². The van der Waals surface area contributed by atoms with E-state index in [-0.39, 0.29) is 18.7 Å². The zero-order valence-electron chi connectivity index (χ0n) is 14.9. The van der Waals surface area contributed by atoms with Gasteiger partial charge in [-0.25, -0.2) is 9.18 Å². The Hall–Kier alpha value is -3.29. The highest BCUT2D eigenvalue weighted by Gasteiger charge is 2.28. The first-order chi connectivity index (χ1) is 13.6. The molecule has 0 unspecified atom stereocenters. The molecule has 0 saturated carbocycles. The lowest BCUT2D eigenvalue weighted by Crippen LogP contribution is -2.40. The molecule has 3 aromatic rings. The second kappa shape index (κ2) is 6.40. The maximum atomic E-state index is 13.6. The molecule has 0 aliphatic carbocycles. The van der Waals surface area contributed by atoms with E-state index in [0.29, 0.717) is 54.1 Å². The van der Waals surface area contributed by atoms with E-state index in [1.165, 1.54) is 22.8 Å². The van der Waals surface area contributed by atoms with Gasteiger partial charge in [0, 0.05) is 30.8 Å². The molecule has 0 atom stereocenters. The fraction of sp³-hybridized carbons (Fsp3) is 0.300. The van der Waals surface area contributed by atoms with Crippen LogP contribution in [-0.4, -0.2) is 35.3 Å². The summed E-state index contributed by atoms with van der Waals surface area (Å²) in [6.07, 6.45) is 1.17. The second-order valence-electron chi connectivity index (χ2n) is 6.94. The first-order valence-corrected chi connectivity index (χ1v) is 9.10. The molecule has 3 heterocycles.